The quantitative estimate of drug-likeness (QED) is 0.872. The van der Waals surface area contributed by atoms with Crippen molar-refractivity contribution < 1.29 is 14.6 Å². The fourth-order valence-corrected chi connectivity index (χ4v) is 2.38. The van der Waals surface area contributed by atoms with E-state index in [2.05, 4.69) is 0 Å². The van der Waals surface area contributed by atoms with Crippen LogP contribution in [0.15, 0.2) is 23.0 Å². The van der Waals surface area contributed by atoms with Gasteiger partial charge in [0.25, 0.3) is 0 Å². The van der Waals surface area contributed by atoms with Gasteiger partial charge >= 0.3 is 10.8 Å². The highest BCUT2D eigenvalue weighted by Crippen LogP contribution is 2.22. The number of aliphatic carboxylic acids is 1. The molecule has 84 valence electrons. The lowest BCUT2D eigenvalue weighted by Crippen LogP contribution is -2.18. The number of ether oxygens (including phenoxy) is 1. The lowest BCUT2D eigenvalue weighted by atomic mass is 10.3. The molecule has 2 aromatic rings. The highest BCUT2D eigenvalue weighted by Gasteiger charge is 2.10. The van der Waals surface area contributed by atoms with E-state index in [-0.39, 0.29) is 11.4 Å². The van der Waals surface area contributed by atoms with E-state index in [1.165, 1.54) is 11.7 Å². The average molecular weight is 239 g/mol. The normalized spacial score (nSPS) is 10.6. The van der Waals surface area contributed by atoms with Gasteiger partial charge in [-0.05, 0) is 18.2 Å². The summed E-state index contributed by atoms with van der Waals surface area (Å²) in [7, 11) is 1.54. The minimum Gasteiger partial charge on any atom is -0.497 e. The number of benzene rings is 1. The summed E-state index contributed by atoms with van der Waals surface area (Å²) in [5.74, 6) is -0.381. The van der Waals surface area contributed by atoms with Crippen molar-refractivity contribution >= 4 is 27.5 Å². The summed E-state index contributed by atoms with van der Waals surface area (Å²) >= 11 is 1.01. The van der Waals surface area contributed by atoms with Gasteiger partial charge < -0.3 is 9.84 Å². The molecule has 1 N–H and O–H groups in total. The number of hydrogen-bond donors (Lipinski definition) is 1. The molecule has 0 atom stereocenters. The molecule has 0 bridgehead atoms. The number of fused-ring (bicyclic) bond motifs is 1. The third-order valence-corrected chi connectivity index (χ3v) is 3.11. The monoisotopic (exact) mass is 239 g/mol. The third-order valence-electron chi connectivity index (χ3n) is 2.17. The summed E-state index contributed by atoms with van der Waals surface area (Å²) in [6.07, 6.45) is 0. The van der Waals surface area contributed by atoms with Crippen molar-refractivity contribution in [1.82, 2.24) is 4.57 Å². The summed E-state index contributed by atoms with van der Waals surface area (Å²) in [6.45, 7) is -0.314. The Morgan fingerprint density at radius 2 is 2.31 bits per heavy atom. The second-order valence-corrected chi connectivity index (χ2v) is 4.17. The van der Waals surface area contributed by atoms with E-state index in [1.807, 2.05) is 0 Å². The van der Waals surface area contributed by atoms with Crippen LogP contribution < -0.4 is 9.61 Å². The first kappa shape index (κ1) is 10.7. The highest BCUT2D eigenvalue weighted by atomic mass is 32.1. The second-order valence-electron chi connectivity index (χ2n) is 3.18. The Bertz CT molecular complexity index is 598. The zero-order chi connectivity index (χ0) is 11.7. The summed E-state index contributed by atoms with van der Waals surface area (Å²) in [4.78, 5) is 21.9. The number of rotatable bonds is 3. The van der Waals surface area contributed by atoms with Gasteiger partial charge in [0, 0.05) is 0 Å². The Morgan fingerprint density at radius 3 is 2.94 bits per heavy atom. The molecule has 1 aromatic carbocycles. The van der Waals surface area contributed by atoms with Crippen molar-refractivity contribution in [1.29, 1.82) is 0 Å². The molecule has 0 aliphatic rings. The number of carboxylic acid groups (broad SMARTS) is 1. The number of thiazole rings is 1. The fourth-order valence-electron chi connectivity index (χ4n) is 1.46. The van der Waals surface area contributed by atoms with Crippen molar-refractivity contribution in [3.63, 3.8) is 0 Å². The molecule has 6 heteroatoms. The minimum absolute atomic E-state index is 0.273. The molecule has 1 aromatic heterocycles. The van der Waals surface area contributed by atoms with E-state index in [1.54, 1.807) is 18.2 Å². The van der Waals surface area contributed by atoms with Crippen molar-refractivity contribution in [3.8, 4) is 5.75 Å². The molecule has 0 aliphatic carbocycles. The van der Waals surface area contributed by atoms with Crippen LogP contribution in [0.3, 0.4) is 0 Å². The van der Waals surface area contributed by atoms with Crippen LogP contribution in [0.25, 0.3) is 10.2 Å². The first-order chi connectivity index (χ1) is 7.61. The molecule has 0 amide bonds. The van der Waals surface area contributed by atoms with Gasteiger partial charge in [-0.15, -0.1) is 0 Å². The van der Waals surface area contributed by atoms with Gasteiger partial charge in [-0.3, -0.25) is 14.2 Å². The van der Waals surface area contributed by atoms with Crippen LogP contribution >= 0.6 is 11.3 Å². The number of methoxy groups -OCH3 is 1. The predicted molar refractivity (Wildman–Crippen MR) is 60.3 cm³/mol. The van der Waals surface area contributed by atoms with Crippen LogP contribution in [0.1, 0.15) is 0 Å². The number of hydrogen-bond acceptors (Lipinski definition) is 4. The number of carboxylic acids is 1. The topological polar surface area (TPSA) is 68.5 Å². The molecule has 0 unspecified atom stereocenters. The van der Waals surface area contributed by atoms with Crippen LogP contribution in [0.5, 0.6) is 5.75 Å². The summed E-state index contributed by atoms with van der Waals surface area (Å²) in [5.41, 5.74) is 0.623. The van der Waals surface area contributed by atoms with Gasteiger partial charge in [-0.1, -0.05) is 11.3 Å². The smallest absolute Gasteiger partial charge is 0.323 e. The van der Waals surface area contributed by atoms with Crippen LogP contribution in [0, 0.1) is 0 Å². The van der Waals surface area contributed by atoms with Gasteiger partial charge in [0.05, 0.1) is 17.3 Å². The predicted octanol–water partition coefficient (Wildman–Crippen LogP) is 1.16. The number of nitrogens with zero attached hydrogens (tertiary/aromatic N) is 1. The molecule has 2 rings (SSSR count). The van der Waals surface area contributed by atoms with Gasteiger partial charge in [0.15, 0.2) is 0 Å². The Hall–Kier alpha value is -1.82. The number of carbonyl (C=O) groups is 1. The highest BCUT2D eigenvalue weighted by molar-refractivity contribution is 7.16. The van der Waals surface area contributed by atoms with E-state index >= 15 is 0 Å². The van der Waals surface area contributed by atoms with Crippen LogP contribution in [-0.2, 0) is 11.3 Å². The largest absolute Gasteiger partial charge is 0.497 e. The molecule has 0 radical (unpaired) electrons. The number of aromatic nitrogens is 1. The van der Waals surface area contributed by atoms with Gasteiger partial charge in [0.2, 0.25) is 0 Å². The van der Waals surface area contributed by atoms with Gasteiger partial charge in [-0.25, -0.2) is 0 Å². The first-order valence-electron chi connectivity index (χ1n) is 4.51. The third kappa shape index (κ3) is 1.79. The first-order valence-corrected chi connectivity index (χ1v) is 5.32. The summed E-state index contributed by atoms with van der Waals surface area (Å²) in [5, 5.41) is 8.69. The second kappa shape index (κ2) is 3.97. The zero-order valence-electron chi connectivity index (χ0n) is 8.47. The SMILES string of the molecule is COc1ccc2c(c1)sc(=O)n2CC(=O)O. The summed E-state index contributed by atoms with van der Waals surface area (Å²) < 4.78 is 7.00. The minimum atomic E-state index is -1.03. The van der Waals surface area contributed by atoms with E-state index in [4.69, 9.17) is 9.84 Å². The van der Waals surface area contributed by atoms with Crippen molar-refractivity contribution in [3.05, 3.63) is 27.9 Å². The van der Waals surface area contributed by atoms with Gasteiger partial charge in [-0.2, -0.15) is 0 Å². The Balaban J connectivity index is 2.62. The van der Waals surface area contributed by atoms with Crippen molar-refractivity contribution in [2.75, 3.05) is 7.11 Å². The zero-order valence-corrected chi connectivity index (χ0v) is 9.28. The molecule has 0 spiro atoms. The molecular weight excluding hydrogens is 230 g/mol. The van der Waals surface area contributed by atoms with Crippen LogP contribution in [0.2, 0.25) is 0 Å². The van der Waals surface area contributed by atoms with E-state index in [9.17, 15) is 9.59 Å². The lowest BCUT2D eigenvalue weighted by molar-refractivity contribution is -0.137. The molecule has 1 heterocycles. The average Bonchev–Trinajstić information content (AvgIpc) is 2.54. The van der Waals surface area contributed by atoms with E-state index < -0.39 is 5.97 Å². The molecular formula is C10H9NO4S. The Morgan fingerprint density at radius 1 is 1.56 bits per heavy atom. The maximum atomic E-state index is 11.6. The van der Waals surface area contributed by atoms with Gasteiger partial charge in [0.1, 0.15) is 12.3 Å². The lowest BCUT2D eigenvalue weighted by Gasteiger charge is -2.01. The van der Waals surface area contributed by atoms with E-state index in [0.29, 0.717) is 11.3 Å². The van der Waals surface area contributed by atoms with Crippen LogP contribution in [0.4, 0.5) is 0 Å². The standard InChI is InChI=1S/C10H9NO4S/c1-15-6-2-3-7-8(4-6)16-10(14)11(7)5-9(12)13/h2-4H,5H2,1H3,(H,12,13). The fraction of sp³-hybridized carbons (Fsp3) is 0.200. The Kier molecular flexibility index (Phi) is 2.66. The maximum Gasteiger partial charge on any atom is 0.323 e. The van der Waals surface area contributed by atoms with Crippen molar-refractivity contribution in [2.24, 2.45) is 0 Å². The molecule has 0 fully saturated rings. The molecule has 0 saturated heterocycles. The molecule has 0 aliphatic heterocycles. The van der Waals surface area contributed by atoms with E-state index in [0.717, 1.165) is 16.0 Å². The molecule has 16 heavy (non-hydrogen) atoms. The maximum absolute atomic E-state index is 11.6. The van der Waals surface area contributed by atoms with Crippen LogP contribution in [-0.4, -0.2) is 22.8 Å². The Labute approximate surface area is 94.5 Å². The molecule has 0 saturated carbocycles. The molecule has 5 nitrogen and oxygen atoms in total. The van der Waals surface area contributed by atoms with Crippen molar-refractivity contribution in [2.45, 2.75) is 6.54 Å². The summed E-state index contributed by atoms with van der Waals surface area (Å²) in [6, 6.07) is 5.11.